The lowest BCUT2D eigenvalue weighted by atomic mass is 9.75. The molecule has 30 heavy (non-hydrogen) atoms. The van der Waals surface area contributed by atoms with Crippen molar-refractivity contribution >= 4 is 0 Å². The quantitative estimate of drug-likeness (QED) is 0.362. The molecule has 0 saturated heterocycles. The molecule has 0 N–H and O–H groups in total. The molecule has 0 bridgehead atoms. The normalized spacial score (nSPS) is 12.7. The van der Waals surface area contributed by atoms with Gasteiger partial charge in [-0.25, -0.2) is 4.39 Å². The van der Waals surface area contributed by atoms with Gasteiger partial charge in [-0.3, -0.25) is 0 Å². The maximum atomic E-state index is 14.3. The third-order valence-electron chi connectivity index (χ3n) is 5.94. The first-order valence-corrected chi connectivity index (χ1v) is 10.5. The minimum Gasteiger partial charge on any atom is -0.497 e. The molecule has 1 atom stereocenters. The van der Waals surface area contributed by atoms with Crippen LogP contribution >= 0.6 is 0 Å². The van der Waals surface area contributed by atoms with E-state index >= 15 is 0 Å². The van der Waals surface area contributed by atoms with E-state index in [1.165, 1.54) is 0 Å². The van der Waals surface area contributed by atoms with Crippen LogP contribution < -0.4 is 4.74 Å². The molecule has 0 fully saturated rings. The van der Waals surface area contributed by atoms with E-state index in [-0.39, 0.29) is 11.2 Å². The van der Waals surface area contributed by atoms with Gasteiger partial charge in [0.15, 0.2) is 0 Å². The molecule has 0 aromatic heterocycles. The summed E-state index contributed by atoms with van der Waals surface area (Å²) in [4.78, 5) is 0. The second-order valence-electron chi connectivity index (χ2n) is 7.75. The number of methoxy groups -OCH3 is 1. The molecule has 0 spiro atoms. The van der Waals surface area contributed by atoms with E-state index in [0.29, 0.717) is 6.42 Å². The van der Waals surface area contributed by atoms with Crippen LogP contribution in [-0.2, 0) is 18.3 Å². The summed E-state index contributed by atoms with van der Waals surface area (Å²) in [7, 11) is 1.66. The van der Waals surface area contributed by atoms with Gasteiger partial charge in [-0.15, -0.1) is 6.42 Å². The molecule has 0 saturated carbocycles. The Morgan fingerprint density at radius 3 is 2.33 bits per heavy atom. The fraction of sp³-hybridized carbons (Fsp3) is 0.286. The fourth-order valence-electron chi connectivity index (χ4n) is 4.02. The highest BCUT2D eigenvalue weighted by molar-refractivity contribution is 5.38. The topological polar surface area (TPSA) is 9.23 Å². The molecule has 0 aliphatic heterocycles. The summed E-state index contributed by atoms with van der Waals surface area (Å²) in [5.41, 5.74) is 3.87. The van der Waals surface area contributed by atoms with Crippen molar-refractivity contribution in [3.63, 3.8) is 0 Å². The van der Waals surface area contributed by atoms with Crippen LogP contribution in [-0.4, -0.2) is 7.11 Å². The Morgan fingerprint density at radius 2 is 1.70 bits per heavy atom. The number of ether oxygens (including phenoxy) is 1. The second kappa shape index (κ2) is 10.1. The number of hydrogen-bond donors (Lipinski definition) is 0. The van der Waals surface area contributed by atoms with Crippen molar-refractivity contribution in [2.75, 3.05) is 7.11 Å². The van der Waals surface area contributed by atoms with Crippen LogP contribution in [0, 0.1) is 18.2 Å². The molecule has 0 aliphatic rings. The minimum absolute atomic E-state index is 0.146. The SMILES string of the molecule is C#CC(CC)(CCCc1ccc(F)c(Cc2ccccc2)c1)c1ccc(OC)cc1. The van der Waals surface area contributed by atoms with E-state index < -0.39 is 0 Å². The summed E-state index contributed by atoms with van der Waals surface area (Å²) in [5, 5.41) is 0. The van der Waals surface area contributed by atoms with Crippen LogP contribution in [0.4, 0.5) is 4.39 Å². The molecular formula is C28H29FO. The number of aryl methyl sites for hydroxylation is 1. The number of rotatable bonds is 9. The van der Waals surface area contributed by atoms with E-state index in [1.54, 1.807) is 13.2 Å². The predicted molar refractivity (Wildman–Crippen MR) is 122 cm³/mol. The first-order valence-electron chi connectivity index (χ1n) is 10.5. The van der Waals surface area contributed by atoms with Gasteiger partial charge in [-0.1, -0.05) is 67.4 Å². The van der Waals surface area contributed by atoms with Crippen LogP contribution in [0.2, 0.25) is 0 Å². The number of hydrogen-bond acceptors (Lipinski definition) is 1. The van der Waals surface area contributed by atoms with Crippen molar-refractivity contribution < 1.29 is 9.13 Å². The average molecular weight is 401 g/mol. The molecule has 1 nitrogen and oxygen atoms in total. The van der Waals surface area contributed by atoms with Gasteiger partial charge in [-0.2, -0.15) is 0 Å². The molecule has 0 aliphatic carbocycles. The van der Waals surface area contributed by atoms with Crippen molar-refractivity contribution in [1.82, 2.24) is 0 Å². The molecule has 0 heterocycles. The predicted octanol–water partition coefficient (Wildman–Crippen LogP) is 6.73. The largest absolute Gasteiger partial charge is 0.497 e. The van der Waals surface area contributed by atoms with E-state index in [9.17, 15) is 4.39 Å². The lowest BCUT2D eigenvalue weighted by Gasteiger charge is -2.28. The molecule has 3 rings (SSSR count). The summed E-state index contributed by atoms with van der Waals surface area (Å²) in [6, 6.07) is 23.6. The van der Waals surface area contributed by atoms with Crippen LogP contribution in [0.15, 0.2) is 72.8 Å². The first kappa shape index (κ1) is 21.7. The van der Waals surface area contributed by atoms with E-state index in [2.05, 4.69) is 25.0 Å². The van der Waals surface area contributed by atoms with Gasteiger partial charge in [0, 0.05) is 6.42 Å². The monoisotopic (exact) mass is 400 g/mol. The lowest BCUT2D eigenvalue weighted by Crippen LogP contribution is -2.23. The molecule has 0 radical (unpaired) electrons. The molecule has 3 aromatic carbocycles. The van der Waals surface area contributed by atoms with Crippen molar-refractivity contribution in [2.24, 2.45) is 0 Å². The van der Waals surface area contributed by atoms with E-state index in [0.717, 1.165) is 53.7 Å². The zero-order chi connectivity index (χ0) is 21.4. The van der Waals surface area contributed by atoms with Gasteiger partial charge in [0.05, 0.1) is 12.5 Å². The van der Waals surface area contributed by atoms with Gasteiger partial charge in [-0.05, 0) is 66.1 Å². The van der Waals surface area contributed by atoms with Crippen molar-refractivity contribution in [1.29, 1.82) is 0 Å². The highest BCUT2D eigenvalue weighted by atomic mass is 19.1. The summed E-state index contributed by atoms with van der Waals surface area (Å²) in [6.45, 7) is 2.14. The summed E-state index contributed by atoms with van der Waals surface area (Å²) in [6.07, 6.45) is 10.2. The highest BCUT2D eigenvalue weighted by Crippen LogP contribution is 2.34. The summed E-state index contributed by atoms with van der Waals surface area (Å²) >= 11 is 0. The van der Waals surface area contributed by atoms with Gasteiger partial charge in [0.2, 0.25) is 0 Å². The van der Waals surface area contributed by atoms with E-state index in [4.69, 9.17) is 11.2 Å². The Balaban J connectivity index is 1.69. The van der Waals surface area contributed by atoms with Gasteiger partial charge in [0.25, 0.3) is 0 Å². The first-order chi connectivity index (χ1) is 14.6. The zero-order valence-electron chi connectivity index (χ0n) is 17.8. The minimum atomic E-state index is -0.292. The third kappa shape index (κ3) is 5.10. The summed E-state index contributed by atoms with van der Waals surface area (Å²) < 4.78 is 19.6. The lowest BCUT2D eigenvalue weighted by molar-refractivity contribution is 0.413. The molecule has 0 amide bonds. The average Bonchev–Trinajstić information content (AvgIpc) is 2.80. The Hall–Kier alpha value is -3.05. The maximum absolute atomic E-state index is 14.3. The number of benzene rings is 3. The second-order valence-corrected chi connectivity index (χ2v) is 7.75. The van der Waals surface area contributed by atoms with Crippen molar-refractivity contribution in [3.05, 3.63) is 101 Å². The molecule has 2 heteroatoms. The van der Waals surface area contributed by atoms with Crippen LogP contribution in [0.25, 0.3) is 0 Å². The van der Waals surface area contributed by atoms with Crippen molar-refractivity contribution in [2.45, 2.75) is 44.4 Å². The van der Waals surface area contributed by atoms with Gasteiger partial charge < -0.3 is 4.74 Å². The Bertz CT molecular complexity index is 985. The molecular weight excluding hydrogens is 371 g/mol. The fourth-order valence-corrected chi connectivity index (χ4v) is 4.02. The zero-order valence-corrected chi connectivity index (χ0v) is 17.8. The van der Waals surface area contributed by atoms with Crippen molar-refractivity contribution in [3.8, 4) is 18.1 Å². The van der Waals surface area contributed by atoms with Crippen LogP contribution in [0.1, 0.15) is 48.4 Å². The molecule has 3 aromatic rings. The van der Waals surface area contributed by atoms with Gasteiger partial charge in [0.1, 0.15) is 11.6 Å². The Morgan fingerprint density at radius 1 is 0.967 bits per heavy atom. The molecule has 154 valence electrons. The number of terminal acetylenes is 1. The van der Waals surface area contributed by atoms with Crippen LogP contribution in [0.5, 0.6) is 5.75 Å². The Kier molecular flexibility index (Phi) is 7.31. The maximum Gasteiger partial charge on any atom is 0.126 e. The standard InChI is InChI=1S/C28H29FO/c1-4-28(5-2,25-14-16-26(30-3)17-15-25)19-9-12-23-13-18-27(29)24(21-23)20-22-10-7-6-8-11-22/h1,6-8,10-11,13-18,21H,5,9,12,19-20H2,2-3H3. The number of halogens is 1. The van der Waals surface area contributed by atoms with E-state index in [1.807, 2.05) is 54.6 Å². The smallest absolute Gasteiger partial charge is 0.126 e. The highest BCUT2D eigenvalue weighted by Gasteiger charge is 2.27. The third-order valence-corrected chi connectivity index (χ3v) is 5.94. The van der Waals surface area contributed by atoms with Crippen LogP contribution in [0.3, 0.4) is 0 Å². The molecule has 1 unspecified atom stereocenters. The van der Waals surface area contributed by atoms with Gasteiger partial charge >= 0.3 is 0 Å². The summed E-state index contributed by atoms with van der Waals surface area (Å²) in [5.74, 6) is 3.74. The Labute approximate surface area is 179 Å².